The molecule has 138 valence electrons. The fourth-order valence-electron chi connectivity index (χ4n) is 2.06. The molecule has 0 saturated carbocycles. The second-order valence-electron chi connectivity index (χ2n) is 5.10. The normalized spacial score (nSPS) is 10.3. The Hall–Kier alpha value is -3.23. The lowest BCUT2D eigenvalue weighted by molar-refractivity contribution is -0.132. The van der Waals surface area contributed by atoms with Crippen LogP contribution in [0.25, 0.3) is 0 Å². The van der Waals surface area contributed by atoms with Gasteiger partial charge in [-0.1, -0.05) is 18.2 Å². The number of hydrogen-bond donors (Lipinski definition) is 3. The molecule has 0 aromatic heterocycles. The summed E-state index contributed by atoms with van der Waals surface area (Å²) in [5, 5.41) is 3.02. The van der Waals surface area contributed by atoms with E-state index in [1.54, 1.807) is 29.7 Å². The van der Waals surface area contributed by atoms with Gasteiger partial charge in [0.05, 0.1) is 12.8 Å². The Kier molecular flexibility index (Phi) is 6.42. The molecule has 0 aliphatic rings. The Morgan fingerprint density at radius 2 is 1.85 bits per heavy atom. The molecule has 2 rings (SSSR count). The van der Waals surface area contributed by atoms with Gasteiger partial charge in [-0.15, -0.1) is 0 Å². The molecule has 0 radical (unpaired) electrons. The van der Waals surface area contributed by atoms with Gasteiger partial charge in [-0.05, 0) is 24.3 Å². The second-order valence-corrected chi connectivity index (χ2v) is 5.10. The fraction of sp³-hybridized carbons (Fsp3) is 0.176. The lowest BCUT2D eigenvalue weighted by Gasteiger charge is -2.12. The van der Waals surface area contributed by atoms with E-state index in [4.69, 9.17) is 4.74 Å². The van der Waals surface area contributed by atoms with Crippen LogP contribution in [0.5, 0.6) is 5.75 Å². The molecule has 3 N–H and O–H groups in total. The van der Waals surface area contributed by atoms with Gasteiger partial charge in [-0.25, -0.2) is 4.39 Å². The maximum Gasteiger partial charge on any atom is 0.317 e. The summed E-state index contributed by atoms with van der Waals surface area (Å²) in [4.78, 5) is 22.4. The Bertz CT molecular complexity index is 800. The third kappa shape index (κ3) is 4.88. The molecule has 0 spiro atoms. The molecule has 2 aromatic carbocycles. The van der Waals surface area contributed by atoms with E-state index in [1.165, 1.54) is 24.7 Å². The molecule has 2 amide bonds. The number of methoxy groups -OCH3 is 1. The van der Waals surface area contributed by atoms with Crippen LogP contribution in [0.15, 0.2) is 42.5 Å². The van der Waals surface area contributed by atoms with E-state index < -0.39 is 24.1 Å². The Balaban J connectivity index is 2.00. The van der Waals surface area contributed by atoms with E-state index in [-0.39, 0.29) is 17.7 Å². The second kappa shape index (κ2) is 8.75. The third-order valence-electron chi connectivity index (χ3n) is 3.39. The average Bonchev–Trinajstić information content (AvgIpc) is 2.64. The van der Waals surface area contributed by atoms with Gasteiger partial charge >= 0.3 is 12.3 Å². The highest BCUT2D eigenvalue weighted by Crippen LogP contribution is 2.24. The van der Waals surface area contributed by atoms with Gasteiger partial charge in [0.2, 0.25) is 0 Å². The minimum absolute atomic E-state index is 0.127. The molecular formula is C17H16F3N3O3. The van der Waals surface area contributed by atoms with Crippen LogP contribution in [0.1, 0.15) is 15.9 Å². The first-order valence-corrected chi connectivity index (χ1v) is 7.46. The number of hydrazine groups is 1. The summed E-state index contributed by atoms with van der Waals surface area (Å²) in [6.07, 6.45) is -3.27. The number of anilines is 1. The number of carbonyl (C=O) groups is 2. The van der Waals surface area contributed by atoms with E-state index in [2.05, 4.69) is 5.32 Å². The first-order chi connectivity index (χ1) is 12.4. The molecule has 0 unspecified atom stereocenters. The van der Waals surface area contributed by atoms with Crippen molar-refractivity contribution in [3.05, 3.63) is 59.4 Å². The molecule has 6 nitrogen and oxygen atoms in total. The van der Waals surface area contributed by atoms with E-state index in [0.29, 0.717) is 11.4 Å². The quantitative estimate of drug-likeness (QED) is 0.686. The van der Waals surface area contributed by atoms with Crippen LogP contribution < -0.4 is 20.9 Å². The van der Waals surface area contributed by atoms with Crippen molar-refractivity contribution in [2.24, 2.45) is 0 Å². The predicted molar refractivity (Wildman–Crippen MR) is 88.3 cm³/mol. The largest absolute Gasteiger partial charge is 0.495 e. The zero-order valence-corrected chi connectivity index (χ0v) is 13.7. The van der Waals surface area contributed by atoms with Crippen molar-refractivity contribution in [3.63, 3.8) is 0 Å². The number of alkyl halides is 2. The van der Waals surface area contributed by atoms with Crippen molar-refractivity contribution in [3.8, 4) is 5.75 Å². The Labute approximate surface area is 147 Å². The van der Waals surface area contributed by atoms with Crippen LogP contribution in [-0.2, 0) is 11.3 Å². The number of carbonyl (C=O) groups excluding carboxylic acids is 2. The van der Waals surface area contributed by atoms with Crippen LogP contribution in [0.4, 0.5) is 18.9 Å². The maximum absolute atomic E-state index is 14.2. The molecule has 0 heterocycles. The number of nitrogens with one attached hydrogen (secondary N) is 3. The Morgan fingerprint density at radius 3 is 2.50 bits per heavy atom. The van der Waals surface area contributed by atoms with E-state index >= 15 is 0 Å². The number of halogens is 3. The van der Waals surface area contributed by atoms with Crippen molar-refractivity contribution in [1.29, 1.82) is 0 Å². The zero-order valence-electron chi connectivity index (χ0n) is 13.7. The lowest BCUT2D eigenvalue weighted by Crippen LogP contribution is -2.44. The van der Waals surface area contributed by atoms with E-state index in [1.807, 2.05) is 0 Å². The summed E-state index contributed by atoms with van der Waals surface area (Å²) in [5.74, 6) is -2.64. The summed E-state index contributed by atoms with van der Waals surface area (Å²) >= 11 is 0. The molecule has 0 bridgehead atoms. The lowest BCUT2D eigenvalue weighted by atomic mass is 10.1. The number of ether oxygens (including phenoxy) is 1. The molecular weight excluding hydrogens is 351 g/mol. The van der Waals surface area contributed by atoms with Gasteiger partial charge < -0.3 is 10.1 Å². The van der Waals surface area contributed by atoms with Crippen molar-refractivity contribution >= 4 is 17.5 Å². The standard InChI is InChI=1S/C17H16F3N3O3/c1-26-14-5-3-2-4-13(14)21-9-11-7-6-10(8-12(11)18)16(24)22-23-17(25)15(19)20/h2-8,15,21H,9H2,1H3,(H,22,24)(H,23,25). The summed E-state index contributed by atoms with van der Waals surface area (Å²) in [5.41, 5.74) is 4.15. The highest BCUT2D eigenvalue weighted by Gasteiger charge is 2.16. The first kappa shape index (κ1) is 19.1. The molecule has 2 aromatic rings. The van der Waals surface area contributed by atoms with Crippen molar-refractivity contribution < 1.29 is 27.5 Å². The molecule has 9 heteroatoms. The number of rotatable bonds is 6. The van der Waals surface area contributed by atoms with Crippen LogP contribution in [0.2, 0.25) is 0 Å². The van der Waals surface area contributed by atoms with Crippen LogP contribution in [0, 0.1) is 5.82 Å². The number of para-hydroxylation sites is 2. The molecule has 0 atom stereocenters. The summed E-state index contributed by atoms with van der Waals surface area (Å²) in [6.45, 7) is 0.135. The SMILES string of the molecule is COc1ccccc1NCc1ccc(C(=O)NNC(=O)C(F)F)cc1F. The summed E-state index contributed by atoms with van der Waals surface area (Å²) in [6, 6.07) is 10.7. The minimum Gasteiger partial charge on any atom is -0.495 e. The van der Waals surface area contributed by atoms with Gasteiger partial charge in [0, 0.05) is 17.7 Å². The average molecular weight is 367 g/mol. The predicted octanol–water partition coefficient (Wildman–Crippen LogP) is 2.47. The maximum atomic E-state index is 14.2. The smallest absolute Gasteiger partial charge is 0.317 e. The van der Waals surface area contributed by atoms with Gasteiger partial charge in [-0.3, -0.25) is 20.4 Å². The van der Waals surface area contributed by atoms with Gasteiger partial charge in [-0.2, -0.15) is 8.78 Å². The van der Waals surface area contributed by atoms with E-state index in [0.717, 1.165) is 6.07 Å². The molecule has 0 aliphatic carbocycles. The molecule has 0 fully saturated rings. The zero-order chi connectivity index (χ0) is 19.1. The first-order valence-electron chi connectivity index (χ1n) is 7.46. The van der Waals surface area contributed by atoms with Crippen molar-refractivity contribution in [2.45, 2.75) is 13.0 Å². The topological polar surface area (TPSA) is 79.5 Å². The van der Waals surface area contributed by atoms with Gasteiger partial charge in [0.25, 0.3) is 5.91 Å². The van der Waals surface area contributed by atoms with E-state index in [9.17, 15) is 22.8 Å². The number of benzene rings is 2. The van der Waals surface area contributed by atoms with Gasteiger partial charge in [0.1, 0.15) is 11.6 Å². The van der Waals surface area contributed by atoms with Crippen LogP contribution >= 0.6 is 0 Å². The summed E-state index contributed by atoms with van der Waals surface area (Å²) < 4.78 is 43.4. The third-order valence-corrected chi connectivity index (χ3v) is 3.39. The number of hydrogen-bond acceptors (Lipinski definition) is 4. The molecule has 26 heavy (non-hydrogen) atoms. The highest BCUT2D eigenvalue weighted by atomic mass is 19.3. The monoisotopic (exact) mass is 367 g/mol. The van der Waals surface area contributed by atoms with Crippen molar-refractivity contribution in [1.82, 2.24) is 10.9 Å². The molecule has 0 saturated heterocycles. The van der Waals surface area contributed by atoms with Gasteiger partial charge in [0.15, 0.2) is 0 Å². The fourth-order valence-corrected chi connectivity index (χ4v) is 2.06. The Morgan fingerprint density at radius 1 is 1.12 bits per heavy atom. The van der Waals surface area contributed by atoms with Crippen LogP contribution in [0.3, 0.4) is 0 Å². The molecule has 0 aliphatic heterocycles. The highest BCUT2D eigenvalue weighted by molar-refractivity contribution is 5.95. The van der Waals surface area contributed by atoms with Crippen molar-refractivity contribution in [2.75, 3.05) is 12.4 Å². The minimum atomic E-state index is -3.27. The summed E-state index contributed by atoms with van der Waals surface area (Å²) in [7, 11) is 1.52. The number of amides is 2. The van der Waals surface area contributed by atoms with Crippen LogP contribution in [-0.4, -0.2) is 25.3 Å².